The number of anilines is 1. The van der Waals surface area contributed by atoms with Gasteiger partial charge in [-0.3, -0.25) is 9.59 Å². The topological polar surface area (TPSA) is 116 Å². The van der Waals surface area contributed by atoms with Crippen molar-refractivity contribution in [3.8, 4) is 0 Å². The molecule has 8 heteroatoms. The number of nitrogens with zero attached hydrogens (tertiary/aromatic N) is 3. The SMILES string of the molecule is C=CC(=O)N1C[C@H](OC)C[C@H]1Cn1nc(C2CCc3ccccc3C2)c(C(N)=O)c1N. The number of amides is 2. The molecule has 1 saturated heterocycles. The van der Waals surface area contributed by atoms with Crippen molar-refractivity contribution in [3.05, 3.63) is 59.3 Å². The summed E-state index contributed by atoms with van der Waals surface area (Å²) in [6.07, 6.45) is 4.50. The van der Waals surface area contributed by atoms with Crippen molar-refractivity contribution in [1.82, 2.24) is 14.7 Å². The fourth-order valence-electron chi connectivity index (χ4n) is 4.91. The number of benzene rings is 1. The monoisotopic (exact) mass is 423 g/mol. The Hall–Kier alpha value is -3.13. The summed E-state index contributed by atoms with van der Waals surface area (Å²) >= 11 is 0. The van der Waals surface area contributed by atoms with Crippen LogP contribution in [0.3, 0.4) is 0 Å². The molecule has 4 N–H and O–H groups in total. The lowest BCUT2D eigenvalue weighted by atomic mass is 9.81. The van der Waals surface area contributed by atoms with Crippen LogP contribution in [0.25, 0.3) is 0 Å². The molecule has 8 nitrogen and oxygen atoms in total. The van der Waals surface area contributed by atoms with Crippen LogP contribution in [-0.2, 0) is 28.9 Å². The number of nitrogens with two attached hydrogens (primary N) is 2. The third-order valence-electron chi connectivity index (χ3n) is 6.55. The number of fused-ring (bicyclic) bond motifs is 1. The van der Waals surface area contributed by atoms with Crippen molar-refractivity contribution in [1.29, 1.82) is 0 Å². The van der Waals surface area contributed by atoms with Gasteiger partial charge in [0, 0.05) is 19.6 Å². The highest BCUT2D eigenvalue weighted by Crippen LogP contribution is 2.35. The first kappa shape index (κ1) is 21.1. The number of rotatable bonds is 6. The van der Waals surface area contributed by atoms with Gasteiger partial charge in [0.25, 0.3) is 5.91 Å². The molecule has 1 unspecified atom stereocenters. The summed E-state index contributed by atoms with van der Waals surface area (Å²) in [5.74, 6) is -0.400. The van der Waals surface area contributed by atoms with Crippen LogP contribution in [0.4, 0.5) is 5.82 Å². The van der Waals surface area contributed by atoms with E-state index in [1.165, 1.54) is 17.2 Å². The van der Waals surface area contributed by atoms with Gasteiger partial charge in [0.05, 0.1) is 24.4 Å². The summed E-state index contributed by atoms with van der Waals surface area (Å²) in [6.45, 7) is 4.45. The minimum absolute atomic E-state index is 0.0596. The fourth-order valence-corrected chi connectivity index (χ4v) is 4.91. The molecule has 2 aromatic rings. The molecule has 4 rings (SSSR count). The Balaban J connectivity index is 1.63. The Labute approximate surface area is 181 Å². The molecule has 1 aliphatic heterocycles. The highest BCUT2D eigenvalue weighted by atomic mass is 16.5. The van der Waals surface area contributed by atoms with E-state index in [0.717, 1.165) is 19.3 Å². The van der Waals surface area contributed by atoms with Crippen LogP contribution in [0.15, 0.2) is 36.9 Å². The smallest absolute Gasteiger partial charge is 0.254 e. The molecule has 1 aromatic heterocycles. The highest BCUT2D eigenvalue weighted by Gasteiger charge is 2.36. The van der Waals surface area contributed by atoms with Crippen LogP contribution in [0.2, 0.25) is 0 Å². The first-order valence-electron chi connectivity index (χ1n) is 10.6. The number of aromatic nitrogens is 2. The number of carbonyl (C=O) groups is 2. The Bertz CT molecular complexity index is 1010. The first-order chi connectivity index (χ1) is 14.9. The summed E-state index contributed by atoms with van der Waals surface area (Å²) in [4.78, 5) is 26.3. The van der Waals surface area contributed by atoms with Gasteiger partial charge < -0.3 is 21.1 Å². The van der Waals surface area contributed by atoms with E-state index in [1.54, 1.807) is 16.7 Å². The number of hydrogen-bond acceptors (Lipinski definition) is 5. The number of carbonyl (C=O) groups excluding carboxylic acids is 2. The molecule has 0 radical (unpaired) electrons. The number of likely N-dealkylation sites (tertiary alicyclic amines) is 1. The van der Waals surface area contributed by atoms with Crippen molar-refractivity contribution < 1.29 is 14.3 Å². The number of aryl methyl sites for hydroxylation is 1. The first-order valence-corrected chi connectivity index (χ1v) is 10.6. The van der Waals surface area contributed by atoms with Gasteiger partial charge in [0.1, 0.15) is 11.4 Å². The highest BCUT2D eigenvalue weighted by molar-refractivity contribution is 5.98. The summed E-state index contributed by atoms with van der Waals surface area (Å²) in [5, 5.41) is 4.75. The Morgan fingerprint density at radius 1 is 1.32 bits per heavy atom. The third-order valence-corrected chi connectivity index (χ3v) is 6.55. The van der Waals surface area contributed by atoms with Crippen molar-refractivity contribution >= 4 is 17.6 Å². The maximum absolute atomic E-state index is 12.3. The van der Waals surface area contributed by atoms with Gasteiger partial charge >= 0.3 is 0 Å². The molecular weight excluding hydrogens is 394 g/mol. The lowest BCUT2D eigenvalue weighted by molar-refractivity contribution is -0.127. The van der Waals surface area contributed by atoms with Crippen molar-refractivity contribution in [2.75, 3.05) is 19.4 Å². The zero-order valence-corrected chi connectivity index (χ0v) is 17.8. The summed E-state index contributed by atoms with van der Waals surface area (Å²) < 4.78 is 7.09. The number of nitrogen functional groups attached to an aromatic ring is 1. The van der Waals surface area contributed by atoms with E-state index in [-0.39, 0.29) is 29.8 Å². The third kappa shape index (κ3) is 3.95. The summed E-state index contributed by atoms with van der Waals surface area (Å²) in [6, 6.07) is 8.18. The zero-order chi connectivity index (χ0) is 22.1. The Morgan fingerprint density at radius 3 is 2.74 bits per heavy atom. The molecule has 2 aliphatic rings. The molecule has 0 spiro atoms. The van der Waals surface area contributed by atoms with Gasteiger partial charge in [-0.25, -0.2) is 4.68 Å². The van der Waals surface area contributed by atoms with Crippen LogP contribution in [0, 0.1) is 0 Å². The second-order valence-electron chi connectivity index (χ2n) is 8.34. The molecule has 1 aliphatic carbocycles. The average molecular weight is 424 g/mol. The molecule has 1 aromatic carbocycles. The summed E-state index contributed by atoms with van der Waals surface area (Å²) in [5.41, 5.74) is 15.6. The molecule has 0 saturated carbocycles. The van der Waals surface area contributed by atoms with E-state index in [9.17, 15) is 9.59 Å². The van der Waals surface area contributed by atoms with Gasteiger partial charge in [-0.2, -0.15) is 5.10 Å². The average Bonchev–Trinajstić information content (AvgIpc) is 3.34. The van der Waals surface area contributed by atoms with Gasteiger partial charge in [0.15, 0.2) is 0 Å². The van der Waals surface area contributed by atoms with Gasteiger partial charge in [-0.05, 0) is 42.9 Å². The standard InChI is InChI=1S/C23H29N5O3/c1-3-19(29)27-13-18(31-2)11-17(27)12-28-22(24)20(23(25)30)21(26-28)16-9-8-14-6-4-5-7-15(14)10-16/h3-7,16-18H,1,8-13,24H2,2H3,(H2,25,30)/t16?,17-,18+/m0/s1. The number of primary amides is 1. The quantitative estimate of drug-likeness (QED) is 0.685. The maximum Gasteiger partial charge on any atom is 0.254 e. The lowest BCUT2D eigenvalue weighted by Crippen LogP contribution is -2.37. The lowest BCUT2D eigenvalue weighted by Gasteiger charge is -2.24. The molecular formula is C23H29N5O3. The van der Waals surface area contributed by atoms with Crippen molar-refractivity contribution in [2.24, 2.45) is 5.73 Å². The van der Waals surface area contributed by atoms with Crippen LogP contribution < -0.4 is 11.5 Å². The van der Waals surface area contributed by atoms with Crippen molar-refractivity contribution in [3.63, 3.8) is 0 Å². The van der Waals surface area contributed by atoms with E-state index >= 15 is 0 Å². The number of ether oxygens (including phenoxy) is 1. The number of hydrogen-bond donors (Lipinski definition) is 2. The second kappa shape index (κ2) is 8.55. The molecule has 1 fully saturated rings. The number of methoxy groups -OCH3 is 1. The van der Waals surface area contributed by atoms with E-state index in [0.29, 0.717) is 30.8 Å². The van der Waals surface area contributed by atoms with E-state index in [1.807, 2.05) is 12.1 Å². The molecule has 3 atom stereocenters. The summed E-state index contributed by atoms with van der Waals surface area (Å²) in [7, 11) is 1.64. The van der Waals surface area contributed by atoms with Gasteiger partial charge in [0.2, 0.25) is 5.91 Å². The minimum atomic E-state index is -0.571. The normalized spacial score (nSPS) is 22.9. The van der Waals surface area contributed by atoms with Crippen LogP contribution in [0.5, 0.6) is 0 Å². The molecule has 2 amide bonds. The van der Waals surface area contributed by atoms with E-state index in [2.05, 4.69) is 18.7 Å². The van der Waals surface area contributed by atoms with Gasteiger partial charge in [-0.15, -0.1) is 0 Å². The Kier molecular flexibility index (Phi) is 5.82. The molecule has 164 valence electrons. The minimum Gasteiger partial charge on any atom is -0.383 e. The van der Waals surface area contributed by atoms with Crippen LogP contribution in [0.1, 0.15) is 45.9 Å². The van der Waals surface area contributed by atoms with Crippen LogP contribution in [-0.4, -0.2) is 52.3 Å². The largest absolute Gasteiger partial charge is 0.383 e. The predicted molar refractivity (Wildman–Crippen MR) is 117 cm³/mol. The molecule has 31 heavy (non-hydrogen) atoms. The van der Waals surface area contributed by atoms with Crippen molar-refractivity contribution in [2.45, 2.75) is 50.3 Å². The maximum atomic E-state index is 12.3. The zero-order valence-electron chi connectivity index (χ0n) is 17.8. The predicted octanol–water partition coefficient (Wildman–Crippen LogP) is 1.64. The Morgan fingerprint density at radius 2 is 2.06 bits per heavy atom. The van der Waals surface area contributed by atoms with Crippen LogP contribution >= 0.6 is 0 Å². The van der Waals surface area contributed by atoms with Gasteiger partial charge in [-0.1, -0.05) is 30.8 Å². The molecule has 2 heterocycles. The second-order valence-corrected chi connectivity index (χ2v) is 8.34. The van der Waals surface area contributed by atoms with E-state index < -0.39 is 5.91 Å². The molecule has 0 bridgehead atoms. The van der Waals surface area contributed by atoms with E-state index in [4.69, 9.17) is 21.3 Å². The fraction of sp³-hybridized carbons (Fsp3) is 0.435.